The predicted octanol–water partition coefficient (Wildman–Crippen LogP) is -0.315. The summed E-state index contributed by atoms with van der Waals surface area (Å²) in [5.41, 5.74) is 0.955. The first-order chi connectivity index (χ1) is 12.1. The van der Waals surface area contributed by atoms with Gasteiger partial charge >= 0.3 is 0 Å². The normalized spacial score (nSPS) is 28.8. The summed E-state index contributed by atoms with van der Waals surface area (Å²) < 4.78 is 36.3. The minimum absolute atomic E-state index is 0. The average Bonchev–Trinajstić information content (AvgIpc) is 2.63. The number of rotatable bonds is 4. The van der Waals surface area contributed by atoms with E-state index in [-0.39, 0.29) is 36.5 Å². The molecule has 2 fully saturated rings. The van der Waals surface area contributed by atoms with Gasteiger partial charge in [0.05, 0.1) is 19.3 Å². The van der Waals surface area contributed by atoms with E-state index in [0.29, 0.717) is 32.2 Å². The minimum atomic E-state index is -3.56. The van der Waals surface area contributed by atoms with E-state index >= 15 is 0 Å². The molecule has 4 heterocycles. The molecule has 3 atom stereocenters. The first-order valence-corrected chi connectivity index (χ1v) is 10.2. The molecule has 3 aliphatic heterocycles. The number of piperidine rings is 1. The number of aromatic nitrogens is 1. The van der Waals surface area contributed by atoms with Crippen molar-refractivity contribution in [2.24, 2.45) is 5.92 Å². The van der Waals surface area contributed by atoms with Gasteiger partial charge in [0.1, 0.15) is 0 Å². The molecule has 0 unspecified atom stereocenters. The third kappa shape index (κ3) is 3.69. The molecule has 1 aromatic heterocycles. The van der Waals surface area contributed by atoms with Gasteiger partial charge in [0.15, 0.2) is 0 Å². The Labute approximate surface area is 159 Å². The third-order valence-corrected chi connectivity index (χ3v) is 7.06. The predicted molar refractivity (Wildman–Crippen MR) is 100 cm³/mol. The largest absolute Gasteiger partial charge is 0.379 e. The number of fused-ring (bicyclic) bond motifs is 4. The van der Waals surface area contributed by atoms with Gasteiger partial charge < -0.3 is 14.6 Å². The molecular weight excluding hydrogens is 380 g/mol. The minimum Gasteiger partial charge on any atom is -0.379 e. The zero-order valence-electron chi connectivity index (χ0n) is 14.5. The fourth-order valence-corrected chi connectivity index (χ4v) is 5.43. The molecular formula is C16H25ClN4O4S. The summed E-state index contributed by atoms with van der Waals surface area (Å²) >= 11 is 0. The number of morpholine rings is 1. The fourth-order valence-electron chi connectivity index (χ4n) is 4.24. The highest BCUT2D eigenvalue weighted by atomic mass is 35.5. The second-order valence-electron chi connectivity index (χ2n) is 6.94. The first-order valence-electron chi connectivity index (χ1n) is 8.81. The Morgan fingerprint density at radius 1 is 1.23 bits per heavy atom. The molecule has 0 amide bonds. The van der Waals surface area contributed by atoms with Crippen molar-refractivity contribution in [2.75, 3.05) is 45.9 Å². The number of pyridine rings is 1. The summed E-state index contributed by atoms with van der Waals surface area (Å²) in [6.45, 7) is 3.47. The Kier molecular flexibility index (Phi) is 6.05. The maximum absolute atomic E-state index is 12.6. The fraction of sp³-hybridized carbons (Fsp3) is 0.688. The Morgan fingerprint density at radius 3 is 2.77 bits per heavy atom. The average molecular weight is 405 g/mol. The molecule has 10 heteroatoms. The second kappa shape index (κ2) is 7.95. The molecule has 1 aromatic rings. The van der Waals surface area contributed by atoms with E-state index in [1.54, 1.807) is 12.1 Å². The van der Waals surface area contributed by atoms with Gasteiger partial charge in [0.2, 0.25) is 0 Å². The maximum atomic E-state index is 12.6. The number of nitrogens with zero attached hydrogens (tertiary/aromatic N) is 2. The summed E-state index contributed by atoms with van der Waals surface area (Å²) in [5.74, 6) is 0.568. The van der Waals surface area contributed by atoms with Gasteiger partial charge in [0, 0.05) is 50.4 Å². The van der Waals surface area contributed by atoms with Crippen LogP contribution in [0.15, 0.2) is 23.0 Å². The Hall–Kier alpha value is -0.970. The van der Waals surface area contributed by atoms with Crippen molar-refractivity contribution >= 4 is 22.6 Å². The van der Waals surface area contributed by atoms with Crippen LogP contribution < -0.4 is 15.6 Å². The number of halogens is 1. The number of ether oxygens (including phenoxy) is 1. The topological polar surface area (TPSA) is 92.7 Å². The van der Waals surface area contributed by atoms with Crippen LogP contribution in [-0.4, -0.2) is 63.2 Å². The van der Waals surface area contributed by atoms with Crippen molar-refractivity contribution in [1.82, 2.24) is 18.9 Å². The van der Waals surface area contributed by atoms with Crippen LogP contribution in [0.4, 0.5) is 0 Å². The number of nitrogens with one attached hydrogen (secondary N) is 2. The summed E-state index contributed by atoms with van der Waals surface area (Å²) in [6.07, 6.45) is 0.987. The molecule has 146 valence electrons. The summed E-state index contributed by atoms with van der Waals surface area (Å²) in [4.78, 5) is 12.5. The zero-order valence-corrected chi connectivity index (χ0v) is 16.1. The summed E-state index contributed by atoms with van der Waals surface area (Å²) in [5, 5.41) is 3.42. The van der Waals surface area contributed by atoms with E-state index < -0.39 is 10.2 Å². The van der Waals surface area contributed by atoms with Gasteiger partial charge in [-0.15, -0.1) is 12.4 Å². The van der Waals surface area contributed by atoms with Crippen LogP contribution in [0.5, 0.6) is 0 Å². The molecule has 0 aliphatic carbocycles. The lowest BCUT2D eigenvalue weighted by Gasteiger charge is -2.43. The van der Waals surface area contributed by atoms with E-state index in [9.17, 15) is 13.2 Å². The van der Waals surface area contributed by atoms with Crippen molar-refractivity contribution in [3.05, 3.63) is 34.2 Å². The quantitative estimate of drug-likeness (QED) is 0.717. The van der Waals surface area contributed by atoms with Crippen LogP contribution in [0.1, 0.15) is 24.1 Å². The van der Waals surface area contributed by atoms with Gasteiger partial charge in [-0.25, -0.2) is 4.72 Å². The van der Waals surface area contributed by atoms with Gasteiger partial charge in [-0.3, -0.25) is 4.79 Å². The molecule has 2 N–H and O–H groups in total. The van der Waals surface area contributed by atoms with Crippen LogP contribution in [0.2, 0.25) is 0 Å². The third-order valence-electron chi connectivity index (χ3n) is 5.48. The smallest absolute Gasteiger partial charge is 0.279 e. The lowest BCUT2D eigenvalue weighted by Crippen LogP contribution is -2.52. The number of hydrogen-bond donors (Lipinski definition) is 2. The lowest BCUT2D eigenvalue weighted by molar-refractivity contribution is 0.0723. The molecule has 0 radical (unpaired) electrons. The monoisotopic (exact) mass is 404 g/mol. The molecule has 26 heavy (non-hydrogen) atoms. The first kappa shape index (κ1) is 19.8. The van der Waals surface area contributed by atoms with E-state index in [1.807, 2.05) is 10.6 Å². The maximum Gasteiger partial charge on any atom is 0.279 e. The van der Waals surface area contributed by atoms with E-state index in [0.717, 1.165) is 25.2 Å². The molecule has 3 aliphatic rings. The molecule has 8 nitrogen and oxygen atoms in total. The second-order valence-corrected chi connectivity index (χ2v) is 8.70. The van der Waals surface area contributed by atoms with Crippen molar-refractivity contribution in [3.63, 3.8) is 0 Å². The Bertz CT molecular complexity index is 794. The highest BCUT2D eigenvalue weighted by Crippen LogP contribution is 2.38. The van der Waals surface area contributed by atoms with Gasteiger partial charge in [0.25, 0.3) is 15.8 Å². The molecule has 2 bridgehead atoms. The van der Waals surface area contributed by atoms with Crippen molar-refractivity contribution < 1.29 is 13.2 Å². The van der Waals surface area contributed by atoms with Gasteiger partial charge in [-0.2, -0.15) is 12.7 Å². The van der Waals surface area contributed by atoms with Crippen molar-refractivity contribution in [3.8, 4) is 0 Å². The van der Waals surface area contributed by atoms with Crippen molar-refractivity contribution in [2.45, 2.75) is 18.4 Å². The SMILES string of the molecule is Cl.O=c1cccc2n1[C@@H](CNS(=O)(=O)N1CCOCC1)[C@@H]1CNC[C@H]2C1. The van der Waals surface area contributed by atoms with Gasteiger partial charge in [-0.1, -0.05) is 6.07 Å². The lowest BCUT2D eigenvalue weighted by atomic mass is 9.79. The van der Waals surface area contributed by atoms with Crippen LogP contribution in [0.3, 0.4) is 0 Å². The van der Waals surface area contributed by atoms with Crippen LogP contribution in [0, 0.1) is 5.92 Å². The van der Waals surface area contributed by atoms with Crippen LogP contribution in [0.25, 0.3) is 0 Å². The Balaban J connectivity index is 0.00000196. The van der Waals surface area contributed by atoms with Crippen LogP contribution >= 0.6 is 12.4 Å². The van der Waals surface area contributed by atoms with E-state index in [4.69, 9.17) is 4.74 Å². The standard InChI is InChI=1S/C16H24N4O4S.ClH/c21-16-3-1-2-14-12-8-13(10-17-9-12)15(20(14)16)11-18-25(22,23)19-4-6-24-7-5-19;/h1-3,12-13,15,17-18H,4-11H2;1H/t12-,13+,15+;/m1./s1. The molecule has 0 saturated carbocycles. The van der Waals surface area contributed by atoms with Crippen LogP contribution in [-0.2, 0) is 14.9 Å². The summed E-state index contributed by atoms with van der Waals surface area (Å²) in [6, 6.07) is 5.17. The van der Waals surface area contributed by atoms with Crippen molar-refractivity contribution in [1.29, 1.82) is 0 Å². The molecule has 0 aromatic carbocycles. The highest BCUT2D eigenvalue weighted by molar-refractivity contribution is 7.87. The molecule has 4 rings (SSSR count). The van der Waals surface area contributed by atoms with Gasteiger partial charge in [-0.05, 0) is 18.4 Å². The zero-order chi connectivity index (χ0) is 17.4. The molecule has 2 saturated heterocycles. The van der Waals surface area contributed by atoms with E-state index in [1.165, 1.54) is 4.31 Å². The number of hydrogen-bond acceptors (Lipinski definition) is 5. The Morgan fingerprint density at radius 2 is 2.00 bits per heavy atom. The molecule has 0 spiro atoms. The summed E-state index contributed by atoms with van der Waals surface area (Å²) in [7, 11) is -3.56. The highest BCUT2D eigenvalue weighted by Gasteiger charge is 2.38. The van der Waals surface area contributed by atoms with E-state index in [2.05, 4.69) is 10.0 Å².